The van der Waals surface area contributed by atoms with Crippen molar-refractivity contribution in [1.82, 2.24) is 0 Å². The Morgan fingerprint density at radius 1 is 0.812 bits per heavy atom. The monoisotopic (exact) mass is 212 g/mol. The first kappa shape index (κ1) is 10.4. The summed E-state index contributed by atoms with van der Waals surface area (Å²) in [5.74, 6) is -0.833. The Balaban J connectivity index is 0.000000212. The van der Waals surface area contributed by atoms with Gasteiger partial charge in [0.15, 0.2) is 0 Å². The Bertz CT molecular complexity index is 426. The molecule has 2 aromatic rings. The SMILES string of the molecule is CC(=O)O.c1ccc2c(c1)-c1ccccc1-2. The van der Waals surface area contributed by atoms with Crippen LogP contribution in [-0.2, 0) is 4.79 Å². The maximum atomic E-state index is 9.00. The molecule has 1 aliphatic carbocycles. The number of carbonyl (C=O) groups is 1. The van der Waals surface area contributed by atoms with E-state index < -0.39 is 5.97 Å². The van der Waals surface area contributed by atoms with Crippen molar-refractivity contribution in [3.8, 4) is 22.3 Å². The zero-order chi connectivity index (χ0) is 11.5. The molecule has 1 N–H and O–H groups in total. The minimum Gasteiger partial charge on any atom is -0.481 e. The third-order valence-corrected chi connectivity index (χ3v) is 2.43. The third kappa shape index (κ3) is 1.82. The maximum Gasteiger partial charge on any atom is 0.300 e. The zero-order valence-corrected chi connectivity index (χ0v) is 8.97. The van der Waals surface area contributed by atoms with Gasteiger partial charge < -0.3 is 5.11 Å². The number of carboxylic acid groups (broad SMARTS) is 1. The summed E-state index contributed by atoms with van der Waals surface area (Å²) in [4.78, 5) is 9.00. The van der Waals surface area contributed by atoms with Crippen molar-refractivity contribution in [3.63, 3.8) is 0 Å². The summed E-state index contributed by atoms with van der Waals surface area (Å²) in [7, 11) is 0. The molecule has 0 unspecified atom stereocenters. The summed E-state index contributed by atoms with van der Waals surface area (Å²) in [6.45, 7) is 1.08. The lowest BCUT2D eigenvalue weighted by Crippen LogP contribution is -1.96. The maximum absolute atomic E-state index is 9.00. The molecule has 0 bridgehead atoms. The van der Waals surface area contributed by atoms with Crippen LogP contribution >= 0.6 is 0 Å². The largest absolute Gasteiger partial charge is 0.481 e. The molecule has 0 saturated carbocycles. The number of benzene rings is 2. The Hall–Kier alpha value is -2.09. The Morgan fingerprint density at radius 2 is 1.00 bits per heavy atom. The second kappa shape index (κ2) is 4.19. The highest BCUT2D eigenvalue weighted by molar-refractivity contribution is 6.02. The van der Waals surface area contributed by atoms with Crippen LogP contribution in [0.15, 0.2) is 48.5 Å². The van der Waals surface area contributed by atoms with E-state index in [4.69, 9.17) is 9.90 Å². The van der Waals surface area contributed by atoms with Crippen LogP contribution in [0.25, 0.3) is 22.3 Å². The fraction of sp³-hybridized carbons (Fsp3) is 0.0714. The predicted molar refractivity (Wildman–Crippen MR) is 64.2 cm³/mol. The van der Waals surface area contributed by atoms with E-state index in [0.717, 1.165) is 6.92 Å². The molecule has 80 valence electrons. The second-order valence-corrected chi connectivity index (χ2v) is 3.61. The van der Waals surface area contributed by atoms with Gasteiger partial charge in [-0.3, -0.25) is 4.79 Å². The van der Waals surface area contributed by atoms with E-state index in [2.05, 4.69) is 48.5 Å². The zero-order valence-electron chi connectivity index (χ0n) is 8.97. The summed E-state index contributed by atoms with van der Waals surface area (Å²) in [5, 5.41) is 7.42. The van der Waals surface area contributed by atoms with Crippen molar-refractivity contribution >= 4 is 5.97 Å². The van der Waals surface area contributed by atoms with Gasteiger partial charge in [0.1, 0.15) is 0 Å². The van der Waals surface area contributed by atoms with Gasteiger partial charge in [-0.15, -0.1) is 0 Å². The first-order valence-corrected chi connectivity index (χ1v) is 5.08. The van der Waals surface area contributed by atoms with E-state index in [1.807, 2.05) is 0 Å². The fourth-order valence-corrected chi connectivity index (χ4v) is 1.84. The smallest absolute Gasteiger partial charge is 0.300 e. The van der Waals surface area contributed by atoms with E-state index >= 15 is 0 Å². The topological polar surface area (TPSA) is 37.3 Å². The van der Waals surface area contributed by atoms with Gasteiger partial charge in [-0.05, 0) is 22.3 Å². The standard InChI is InChI=1S/C12H8.C2H4O2/c1-2-6-10-9(5-1)11-7-3-4-8-12(10)11;1-2(3)4/h1-8H;1H3,(H,3,4). The summed E-state index contributed by atoms with van der Waals surface area (Å²) >= 11 is 0. The molecule has 0 amide bonds. The van der Waals surface area contributed by atoms with Crippen LogP contribution in [-0.4, -0.2) is 11.1 Å². The van der Waals surface area contributed by atoms with Gasteiger partial charge in [-0.25, -0.2) is 0 Å². The quantitative estimate of drug-likeness (QED) is 0.620. The fourth-order valence-electron chi connectivity index (χ4n) is 1.84. The van der Waals surface area contributed by atoms with Crippen LogP contribution in [0.5, 0.6) is 0 Å². The van der Waals surface area contributed by atoms with Gasteiger partial charge in [-0.2, -0.15) is 0 Å². The minimum atomic E-state index is -0.833. The Labute approximate surface area is 94.2 Å². The lowest BCUT2D eigenvalue weighted by Gasteiger charge is -2.22. The third-order valence-electron chi connectivity index (χ3n) is 2.43. The molecule has 0 radical (unpaired) electrons. The molecule has 0 aromatic heterocycles. The van der Waals surface area contributed by atoms with Gasteiger partial charge in [-0.1, -0.05) is 48.5 Å². The Kier molecular flexibility index (Phi) is 2.73. The number of hydrogen-bond donors (Lipinski definition) is 1. The average molecular weight is 212 g/mol. The van der Waals surface area contributed by atoms with E-state index in [1.54, 1.807) is 0 Å². The summed E-state index contributed by atoms with van der Waals surface area (Å²) in [6, 6.07) is 17.1. The highest BCUT2D eigenvalue weighted by Crippen LogP contribution is 2.46. The molecular weight excluding hydrogens is 200 g/mol. The van der Waals surface area contributed by atoms with E-state index in [0.29, 0.717) is 0 Å². The van der Waals surface area contributed by atoms with Crippen LogP contribution in [0.3, 0.4) is 0 Å². The molecule has 0 spiro atoms. The first-order chi connectivity index (χ1) is 7.70. The lowest BCUT2D eigenvalue weighted by atomic mass is 9.81. The molecule has 0 saturated heterocycles. The second-order valence-electron chi connectivity index (χ2n) is 3.61. The van der Waals surface area contributed by atoms with Crippen molar-refractivity contribution < 1.29 is 9.90 Å². The minimum absolute atomic E-state index is 0.833. The average Bonchev–Trinajstić information content (AvgIpc) is 2.25. The van der Waals surface area contributed by atoms with Crippen molar-refractivity contribution in [2.45, 2.75) is 6.92 Å². The molecule has 2 nitrogen and oxygen atoms in total. The number of rotatable bonds is 0. The number of aliphatic carboxylic acids is 1. The van der Waals surface area contributed by atoms with Crippen molar-refractivity contribution in [2.24, 2.45) is 0 Å². The molecule has 16 heavy (non-hydrogen) atoms. The van der Waals surface area contributed by atoms with Crippen LogP contribution in [0.4, 0.5) is 0 Å². The molecule has 2 aromatic carbocycles. The van der Waals surface area contributed by atoms with Crippen LogP contribution in [0, 0.1) is 0 Å². The number of carboxylic acids is 1. The highest BCUT2D eigenvalue weighted by atomic mass is 16.4. The molecule has 0 heterocycles. The number of hydrogen-bond acceptors (Lipinski definition) is 1. The molecule has 3 rings (SSSR count). The van der Waals surface area contributed by atoms with Crippen LogP contribution in [0.1, 0.15) is 6.92 Å². The number of fused-ring (bicyclic) bond motifs is 4. The van der Waals surface area contributed by atoms with E-state index in [9.17, 15) is 0 Å². The molecule has 0 fully saturated rings. The van der Waals surface area contributed by atoms with Gasteiger partial charge in [0.25, 0.3) is 5.97 Å². The van der Waals surface area contributed by atoms with Crippen LogP contribution in [0.2, 0.25) is 0 Å². The van der Waals surface area contributed by atoms with Crippen molar-refractivity contribution in [3.05, 3.63) is 48.5 Å². The molecule has 0 aliphatic heterocycles. The molecule has 1 aliphatic rings. The van der Waals surface area contributed by atoms with E-state index in [1.165, 1.54) is 22.3 Å². The van der Waals surface area contributed by atoms with Gasteiger partial charge in [0, 0.05) is 6.92 Å². The van der Waals surface area contributed by atoms with Crippen molar-refractivity contribution in [1.29, 1.82) is 0 Å². The van der Waals surface area contributed by atoms with Gasteiger partial charge >= 0.3 is 0 Å². The van der Waals surface area contributed by atoms with Crippen molar-refractivity contribution in [2.75, 3.05) is 0 Å². The summed E-state index contributed by atoms with van der Waals surface area (Å²) in [5.41, 5.74) is 5.59. The molecule has 0 atom stereocenters. The predicted octanol–water partition coefficient (Wildman–Crippen LogP) is 3.42. The van der Waals surface area contributed by atoms with Crippen LogP contribution < -0.4 is 0 Å². The molecular formula is C14H12O2. The first-order valence-electron chi connectivity index (χ1n) is 5.08. The highest BCUT2D eigenvalue weighted by Gasteiger charge is 2.19. The van der Waals surface area contributed by atoms with E-state index in [-0.39, 0.29) is 0 Å². The molecule has 2 heteroatoms. The summed E-state index contributed by atoms with van der Waals surface area (Å²) < 4.78 is 0. The lowest BCUT2D eigenvalue weighted by molar-refractivity contribution is -0.134. The normalized spacial score (nSPS) is 10.1. The van der Waals surface area contributed by atoms with Gasteiger partial charge in [0.2, 0.25) is 0 Å². The Morgan fingerprint density at radius 3 is 1.19 bits per heavy atom. The van der Waals surface area contributed by atoms with Gasteiger partial charge in [0.05, 0.1) is 0 Å². The summed E-state index contributed by atoms with van der Waals surface area (Å²) in [6.07, 6.45) is 0.